The van der Waals surface area contributed by atoms with Crippen LogP contribution in [-0.4, -0.2) is 23.3 Å². The van der Waals surface area contributed by atoms with E-state index in [1.807, 2.05) is 6.92 Å². The molecule has 19 heavy (non-hydrogen) atoms. The summed E-state index contributed by atoms with van der Waals surface area (Å²) in [5, 5.41) is 0. The van der Waals surface area contributed by atoms with Crippen molar-refractivity contribution >= 4 is 23.3 Å². The molecule has 104 valence electrons. The van der Waals surface area contributed by atoms with Gasteiger partial charge in [-0.2, -0.15) is 0 Å². The Hall–Kier alpha value is -1.27. The second kappa shape index (κ2) is 5.79. The molecule has 2 rings (SSSR count). The first-order valence-corrected chi connectivity index (χ1v) is 6.57. The van der Waals surface area contributed by atoms with Crippen molar-refractivity contribution in [3.63, 3.8) is 0 Å². The highest BCUT2D eigenvalue weighted by Gasteiger charge is 2.17. The average Bonchev–Trinajstić information content (AvgIpc) is 2.66. The maximum Gasteiger partial charge on any atom is 0.178 e. The maximum atomic E-state index is 13.7. The van der Waals surface area contributed by atoms with Gasteiger partial charge in [-0.3, -0.25) is 0 Å². The standard InChI is InChI=1S/C13H16F2N2OS/c1-3-4-9(7-18-2)17-11-6-8(14)5-10(15)12(11)16-13(17)19/h5-6,9H,3-4,7H2,1-2H3,(H,16,19). The van der Waals surface area contributed by atoms with Gasteiger partial charge in [-0.25, -0.2) is 8.78 Å². The summed E-state index contributed by atoms with van der Waals surface area (Å²) in [4.78, 5) is 2.80. The molecule has 6 heteroatoms. The van der Waals surface area contributed by atoms with E-state index in [-0.39, 0.29) is 11.6 Å². The highest BCUT2D eigenvalue weighted by Crippen LogP contribution is 2.25. The molecule has 1 unspecified atom stereocenters. The second-order valence-electron chi connectivity index (χ2n) is 4.48. The third-order valence-electron chi connectivity index (χ3n) is 3.09. The molecule has 0 bridgehead atoms. The Labute approximate surface area is 115 Å². The zero-order chi connectivity index (χ0) is 14.0. The van der Waals surface area contributed by atoms with E-state index in [0.29, 0.717) is 16.9 Å². The van der Waals surface area contributed by atoms with Gasteiger partial charge in [0.2, 0.25) is 0 Å². The van der Waals surface area contributed by atoms with Crippen LogP contribution in [0.1, 0.15) is 25.8 Å². The van der Waals surface area contributed by atoms with E-state index >= 15 is 0 Å². The molecule has 1 aromatic heterocycles. The molecule has 0 fully saturated rings. The molecule has 1 N–H and O–H groups in total. The molecule has 0 aliphatic heterocycles. The molecule has 0 aliphatic rings. The van der Waals surface area contributed by atoms with Crippen molar-refractivity contribution in [2.24, 2.45) is 0 Å². The molecule has 3 nitrogen and oxygen atoms in total. The summed E-state index contributed by atoms with van der Waals surface area (Å²) in [7, 11) is 1.60. The summed E-state index contributed by atoms with van der Waals surface area (Å²) < 4.78 is 34.4. The van der Waals surface area contributed by atoms with E-state index < -0.39 is 11.6 Å². The lowest BCUT2D eigenvalue weighted by atomic mass is 10.1. The molecular weight excluding hydrogens is 270 g/mol. The van der Waals surface area contributed by atoms with Gasteiger partial charge in [0.05, 0.1) is 18.2 Å². The van der Waals surface area contributed by atoms with E-state index in [9.17, 15) is 8.78 Å². The van der Waals surface area contributed by atoms with E-state index in [1.54, 1.807) is 11.7 Å². The maximum absolute atomic E-state index is 13.7. The first kappa shape index (κ1) is 14.1. The summed E-state index contributed by atoms with van der Waals surface area (Å²) in [6, 6.07) is 2.11. The van der Waals surface area contributed by atoms with Gasteiger partial charge in [-0.15, -0.1) is 0 Å². The van der Waals surface area contributed by atoms with Crippen LogP contribution in [-0.2, 0) is 4.74 Å². The summed E-state index contributed by atoms with van der Waals surface area (Å²) in [6.07, 6.45) is 1.76. The SMILES string of the molecule is CCCC(COC)n1c(=S)[nH]c2c(F)cc(F)cc21. The molecule has 0 radical (unpaired) electrons. The fourth-order valence-corrected chi connectivity index (χ4v) is 2.67. The van der Waals surface area contributed by atoms with Crippen molar-refractivity contribution in [1.82, 2.24) is 9.55 Å². The zero-order valence-electron chi connectivity index (χ0n) is 10.9. The van der Waals surface area contributed by atoms with E-state index in [4.69, 9.17) is 17.0 Å². The minimum absolute atomic E-state index is 0.0301. The minimum Gasteiger partial charge on any atom is -0.383 e. The predicted octanol–water partition coefficient (Wildman–Crippen LogP) is 3.96. The van der Waals surface area contributed by atoms with Crippen LogP contribution in [0.25, 0.3) is 11.0 Å². The largest absolute Gasteiger partial charge is 0.383 e. The molecular formula is C13H16F2N2OS. The smallest absolute Gasteiger partial charge is 0.178 e. The quantitative estimate of drug-likeness (QED) is 0.843. The minimum atomic E-state index is -0.632. The zero-order valence-corrected chi connectivity index (χ0v) is 11.7. The average molecular weight is 286 g/mol. The fourth-order valence-electron chi connectivity index (χ4n) is 2.33. The van der Waals surface area contributed by atoms with Crippen molar-refractivity contribution in [2.75, 3.05) is 13.7 Å². The number of hydrogen-bond donors (Lipinski definition) is 1. The molecule has 0 aliphatic carbocycles. The van der Waals surface area contributed by atoms with Crippen LogP contribution in [0.15, 0.2) is 12.1 Å². The highest BCUT2D eigenvalue weighted by atomic mass is 32.1. The molecule has 0 saturated heterocycles. The van der Waals surface area contributed by atoms with E-state index in [0.717, 1.165) is 18.9 Å². The molecule has 1 atom stereocenters. The van der Waals surface area contributed by atoms with Gasteiger partial charge in [0.25, 0.3) is 0 Å². The summed E-state index contributed by atoms with van der Waals surface area (Å²) in [5.41, 5.74) is 0.682. The van der Waals surface area contributed by atoms with Crippen LogP contribution in [0.2, 0.25) is 0 Å². The lowest BCUT2D eigenvalue weighted by Crippen LogP contribution is -2.14. The monoisotopic (exact) mass is 286 g/mol. The molecule has 0 spiro atoms. The topological polar surface area (TPSA) is 29.9 Å². The van der Waals surface area contributed by atoms with Gasteiger partial charge in [0, 0.05) is 13.2 Å². The van der Waals surface area contributed by atoms with Gasteiger partial charge < -0.3 is 14.3 Å². The Morgan fingerprint density at radius 1 is 1.42 bits per heavy atom. The number of aromatic nitrogens is 2. The number of nitrogens with one attached hydrogen (secondary N) is 1. The Morgan fingerprint density at radius 3 is 2.79 bits per heavy atom. The number of imidazole rings is 1. The lowest BCUT2D eigenvalue weighted by Gasteiger charge is -2.18. The number of benzene rings is 1. The number of halogens is 2. The van der Waals surface area contributed by atoms with Crippen molar-refractivity contribution in [1.29, 1.82) is 0 Å². The Kier molecular flexibility index (Phi) is 4.31. The Morgan fingerprint density at radius 2 is 2.16 bits per heavy atom. The normalized spacial score (nSPS) is 13.1. The van der Waals surface area contributed by atoms with Crippen molar-refractivity contribution in [2.45, 2.75) is 25.8 Å². The van der Waals surface area contributed by atoms with Crippen LogP contribution < -0.4 is 0 Å². The summed E-state index contributed by atoms with van der Waals surface area (Å²) >= 11 is 5.22. The molecule has 0 saturated carbocycles. The van der Waals surface area contributed by atoms with Crippen LogP contribution >= 0.6 is 12.2 Å². The molecule has 1 heterocycles. The molecule has 2 aromatic rings. The first-order valence-electron chi connectivity index (χ1n) is 6.16. The number of nitrogens with zero attached hydrogens (tertiary/aromatic N) is 1. The van der Waals surface area contributed by atoms with Crippen molar-refractivity contribution in [3.8, 4) is 0 Å². The second-order valence-corrected chi connectivity index (χ2v) is 4.87. The van der Waals surface area contributed by atoms with Crippen LogP contribution in [0.4, 0.5) is 8.78 Å². The van der Waals surface area contributed by atoms with Crippen molar-refractivity contribution in [3.05, 3.63) is 28.5 Å². The third-order valence-corrected chi connectivity index (χ3v) is 3.39. The number of hydrogen-bond acceptors (Lipinski definition) is 2. The van der Waals surface area contributed by atoms with Crippen LogP contribution in [0, 0.1) is 16.4 Å². The van der Waals surface area contributed by atoms with Crippen LogP contribution in [0.5, 0.6) is 0 Å². The van der Waals surface area contributed by atoms with Gasteiger partial charge in [-0.1, -0.05) is 13.3 Å². The number of methoxy groups -OCH3 is 1. The number of ether oxygens (including phenoxy) is 1. The summed E-state index contributed by atoms with van der Waals surface area (Å²) in [5.74, 6) is -1.24. The van der Waals surface area contributed by atoms with Gasteiger partial charge in [-0.05, 0) is 24.7 Å². The molecule has 0 amide bonds. The van der Waals surface area contributed by atoms with E-state index in [1.165, 1.54) is 6.07 Å². The van der Waals surface area contributed by atoms with E-state index in [2.05, 4.69) is 4.98 Å². The first-order chi connectivity index (χ1) is 9.08. The number of fused-ring (bicyclic) bond motifs is 1. The van der Waals surface area contributed by atoms with Crippen LogP contribution in [0.3, 0.4) is 0 Å². The third kappa shape index (κ3) is 2.69. The number of rotatable bonds is 5. The van der Waals surface area contributed by atoms with Crippen molar-refractivity contribution < 1.29 is 13.5 Å². The highest BCUT2D eigenvalue weighted by molar-refractivity contribution is 7.71. The van der Waals surface area contributed by atoms with Gasteiger partial charge in [0.1, 0.15) is 11.3 Å². The fraction of sp³-hybridized carbons (Fsp3) is 0.462. The molecule has 1 aromatic carbocycles. The lowest BCUT2D eigenvalue weighted by molar-refractivity contribution is 0.151. The number of H-pyrrole nitrogens is 1. The van der Waals surface area contributed by atoms with Gasteiger partial charge >= 0.3 is 0 Å². The van der Waals surface area contributed by atoms with Gasteiger partial charge in [0.15, 0.2) is 10.6 Å². The summed E-state index contributed by atoms with van der Waals surface area (Å²) in [6.45, 7) is 2.50. The number of aromatic amines is 1. The Bertz CT molecular complexity index is 629. The Balaban J connectivity index is 2.64. The predicted molar refractivity (Wildman–Crippen MR) is 72.9 cm³/mol.